The zero-order valence-electron chi connectivity index (χ0n) is 11.2. The van der Waals surface area contributed by atoms with Crippen LogP contribution in [0.2, 0.25) is 0 Å². The van der Waals surface area contributed by atoms with Crippen LogP contribution in [0.3, 0.4) is 0 Å². The Bertz CT molecular complexity index is 650. The second-order valence-corrected chi connectivity index (χ2v) is 5.21. The molecule has 2 aromatic rings. The molecule has 0 aromatic carbocycles. The predicted octanol–water partition coefficient (Wildman–Crippen LogP) is 2.21. The van der Waals surface area contributed by atoms with E-state index in [-0.39, 0.29) is 5.91 Å². The van der Waals surface area contributed by atoms with Gasteiger partial charge in [0.25, 0.3) is 5.91 Å². The highest BCUT2D eigenvalue weighted by Crippen LogP contribution is 2.16. The molecule has 0 bridgehead atoms. The molecular weight excluding hydrogens is 288 g/mol. The maximum absolute atomic E-state index is 11.9. The average Bonchev–Trinajstić information content (AvgIpc) is 2.95. The number of aromatic nitrogens is 1. The number of rotatable bonds is 6. The highest BCUT2D eigenvalue weighted by atomic mass is 32.1. The first-order valence-corrected chi connectivity index (χ1v) is 7.20. The summed E-state index contributed by atoms with van der Waals surface area (Å²) in [6.45, 7) is 0.541. The van der Waals surface area contributed by atoms with E-state index in [0.29, 0.717) is 12.1 Å². The van der Waals surface area contributed by atoms with E-state index in [2.05, 4.69) is 10.3 Å². The molecule has 2 heterocycles. The second kappa shape index (κ2) is 7.35. The summed E-state index contributed by atoms with van der Waals surface area (Å²) in [6, 6.07) is 5.49. The number of nitrogens with one attached hydrogen (secondary N) is 1. The Kier molecular flexibility index (Phi) is 5.22. The van der Waals surface area contributed by atoms with Crippen LogP contribution in [0.5, 0.6) is 0 Å². The average molecular weight is 302 g/mol. The Balaban J connectivity index is 1.85. The van der Waals surface area contributed by atoms with Gasteiger partial charge in [0, 0.05) is 35.3 Å². The molecule has 5 nitrogen and oxygen atoms in total. The zero-order valence-corrected chi connectivity index (χ0v) is 12.0. The largest absolute Gasteiger partial charge is 0.478 e. The molecular formula is C15H14N2O3S. The maximum Gasteiger partial charge on any atom is 0.328 e. The van der Waals surface area contributed by atoms with Gasteiger partial charge in [-0.25, -0.2) is 4.79 Å². The Morgan fingerprint density at radius 3 is 2.81 bits per heavy atom. The molecule has 2 N–H and O–H groups in total. The van der Waals surface area contributed by atoms with Gasteiger partial charge in [-0.1, -0.05) is 0 Å². The molecule has 1 amide bonds. The van der Waals surface area contributed by atoms with Crippen molar-refractivity contribution in [1.29, 1.82) is 0 Å². The molecule has 2 rings (SSSR count). The smallest absolute Gasteiger partial charge is 0.328 e. The predicted molar refractivity (Wildman–Crippen MR) is 81.3 cm³/mol. The van der Waals surface area contributed by atoms with Crippen molar-refractivity contribution in [3.8, 4) is 0 Å². The molecule has 0 saturated heterocycles. The maximum atomic E-state index is 11.9. The Morgan fingerprint density at radius 2 is 2.10 bits per heavy atom. The molecule has 0 spiro atoms. The number of hydrogen-bond donors (Lipinski definition) is 2. The van der Waals surface area contributed by atoms with Crippen LogP contribution >= 0.6 is 11.3 Å². The number of nitrogens with zero attached hydrogens (tertiary/aromatic N) is 1. The number of hydrogen-bond acceptors (Lipinski definition) is 4. The summed E-state index contributed by atoms with van der Waals surface area (Å²) in [6.07, 6.45) is 6.70. The molecule has 0 fully saturated rings. The second-order valence-electron chi connectivity index (χ2n) is 4.27. The van der Waals surface area contributed by atoms with Crippen molar-refractivity contribution in [1.82, 2.24) is 10.3 Å². The van der Waals surface area contributed by atoms with E-state index >= 15 is 0 Å². The van der Waals surface area contributed by atoms with Crippen molar-refractivity contribution in [3.63, 3.8) is 0 Å². The van der Waals surface area contributed by atoms with Crippen molar-refractivity contribution in [2.45, 2.75) is 6.42 Å². The monoisotopic (exact) mass is 302 g/mol. The van der Waals surface area contributed by atoms with Gasteiger partial charge in [0.1, 0.15) is 0 Å². The SMILES string of the molecule is O=C(O)C=Cc1cc(C(=O)NCCc2ccncc2)cs1. The van der Waals surface area contributed by atoms with E-state index in [1.807, 2.05) is 12.1 Å². The lowest BCUT2D eigenvalue weighted by Crippen LogP contribution is -2.25. The molecule has 0 unspecified atom stereocenters. The number of amides is 1. The first-order chi connectivity index (χ1) is 10.1. The van der Waals surface area contributed by atoms with Crippen LogP contribution in [-0.2, 0) is 11.2 Å². The summed E-state index contributed by atoms with van der Waals surface area (Å²) in [5.41, 5.74) is 1.65. The first-order valence-electron chi connectivity index (χ1n) is 6.32. The number of carbonyl (C=O) groups is 2. The van der Waals surface area contributed by atoms with Crippen LogP contribution in [0.25, 0.3) is 6.08 Å². The lowest BCUT2D eigenvalue weighted by atomic mass is 10.2. The lowest BCUT2D eigenvalue weighted by Gasteiger charge is -2.03. The summed E-state index contributed by atoms with van der Waals surface area (Å²) in [5.74, 6) is -1.16. The molecule has 0 aliphatic rings. The fourth-order valence-corrected chi connectivity index (χ4v) is 2.46. The normalized spacial score (nSPS) is 10.7. The van der Waals surface area contributed by atoms with Gasteiger partial charge in [0.05, 0.1) is 5.56 Å². The van der Waals surface area contributed by atoms with E-state index in [1.165, 1.54) is 17.4 Å². The molecule has 6 heteroatoms. The molecule has 2 aromatic heterocycles. The summed E-state index contributed by atoms with van der Waals surface area (Å²) >= 11 is 1.33. The van der Waals surface area contributed by atoms with Crippen molar-refractivity contribution < 1.29 is 14.7 Å². The highest BCUT2D eigenvalue weighted by Gasteiger charge is 2.07. The number of carboxylic acids is 1. The van der Waals surface area contributed by atoms with Crippen LogP contribution in [0.15, 0.2) is 42.0 Å². The van der Waals surface area contributed by atoms with E-state index in [4.69, 9.17) is 5.11 Å². The van der Waals surface area contributed by atoms with Crippen molar-refractivity contribution in [2.75, 3.05) is 6.54 Å². The van der Waals surface area contributed by atoms with Crippen LogP contribution in [0.4, 0.5) is 0 Å². The minimum atomic E-state index is -1.01. The van der Waals surface area contributed by atoms with Gasteiger partial charge in [0.15, 0.2) is 0 Å². The quantitative estimate of drug-likeness (QED) is 0.802. The Hall–Kier alpha value is -2.47. The van der Waals surface area contributed by atoms with Crippen molar-refractivity contribution in [2.24, 2.45) is 0 Å². The third-order valence-electron chi connectivity index (χ3n) is 2.72. The summed E-state index contributed by atoms with van der Waals surface area (Å²) in [5, 5.41) is 13.1. The van der Waals surface area contributed by atoms with E-state index in [9.17, 15) is 9.59 Å². The van der Waals surface area contributed by atoms with Crippen LogP contribution in [-0.4, -0.2) is 28.5 Å². The fraction of sp³-hybridized carbons (Fsp3) is 0.133. The molecule has 0 aliphatic carbocycles. The van der Waals surface area contributed by atoms with Gasteiger partial charge in [-0.2, -0.15) is 0 Å². The standard InChI is InChI=1S/C15H14N2O3S/c18-14(19)2-1-13-9-12(10-21-13)15(20)17-8-5-11-3-6-16-7-4-11/h1-4,6-7,9-10H,5,8H2,(H,17,20)(H,18,19). The van der Waals surface area contributed by atoms with Crippen LogP contribution < -0.4 is 5.32 Å². The minimum absolute atomic E-state index is 0.157. The number of thiophene rings is 1. The highest BCUT2D eigenvalue weighted by molar-refractivity contribution is 7.11. The number of carboxylic acid groups (broad SMARTS) is 1. The van der Waals surface area contributed by atoms with E-state index < -0.39 is 5.97 Å². The minimum Gasteiger partial charge on any atom is -0.478 e. The van der Waals surface area contributed by atoms with Crippen LogP contribution in [0.1, 0.15) is 20.8 Å². The van der Waals surface area contributed by atoms with E-state index in [0.717, 1.165) is 22.9 Å². The fourth-order valence-electron chi connectivity index (χ4n) is 1.68. The third kappa shape index (κ3) is 4.85. The third-order valence-corrected chi connectivity index (χ3v) is 3.62. The molecule has 21 heavy (non-hydrogen) atoms. The summed E-state index contributed by atoms with van der Waals surface area (Å²) < 4.78 is 0. The first kappa shape index (κ1) is 14.9. The summed E-state index contributed by atoms with van der Waals surface area (Å²) in [7, 11) is 0. The number of carbonyl (C=O) groups excluding carboxylic acids is 1. The zero-order chi connectivity index (χ0) is 15.1. The lowest BCUT2D eigenvalue weighted by molar-refractivity contribution is -0.131. The van der Waals surface area contributed by atoms with Gasteiger partial charge < -0.3 is 10.4 Å². The Labute approximate surface area is 126 Å². The Morgan fingerprint density at radius 1 is 1.33 bits per heavy atom. The van der Waals surface area contributed by atoms with Gasteiger partial charge in [0.2, 0.25) is 0 Å². The molecule has 0 radical (unpaired) electrons. The van der Waals surface area contributed by atoms with Gasteiger partial charge in [-0.15, -0.1) is 11.3 Å². The van der Waals surface area contributed by atoms with Crippen molar-refractivity contribution >= 4 is 29.3 Å². The van der Waals surface area contributed by atoms with Crippen molar-refractivity contribution in [3.05, 3.63) is 58.1 Å². The van der Waals surface area contributed by atoms with Gasteiger partial charge in [-0.3, -0.25) is 9.78 Å². The van der Waals surface area contributed by atoms with Gasteiger partial charge in [-0.05, 0) is 36.3 Å². The van der Waals surface area contributed by atoms with E-state index in [1.54, 1.807) is 23.8 Å². The molecule has 0 saturated carbocycles. The summed E-state index contributed by atoms with van der Waals surface area (Å²) in [4.78, 5) is 27.0. The van der Waals surface area contributed by atoms with Gasteiger partial charge >= 0.3 is 5.97 Å². The number of aliphatic carboxylic acids is 1. The number of pyridine rings is 1. The topological polar surface area (TPSA) is 79.3 Å². The van der Waals surface area contributed by atoms with Crippen LogP contribution in [0, 0.1) is 0 Å². The molecule has 0 aliphatic heterocycles. The molecule has 0 atom stereocenters. The molecule has 108 valence electrons.